The van der Waals surface area contributed by atoms with Crippen LogP contribution in [0.4, 0.5) is 0 Å². The number of nitrogens with zero attached hydrogens (tertiary/aromatic N) is 1. The third-order valence-corrected chi connectivity index (χ3v) is 7.96. The molecule has 152 valence electrons. The summed E-state index contributed by atoms with van der Waals surface area (Å²) in [5.41, 5.74) is -1.24. The Morgan fingerprint density at radius 2 is 1.66 bits per heavy atom. The molecule has 4 rings (SSSR count). The Morgan fingerprint density at radius 1 is 0.966 bits per heavy atom. The van der Waals surface area contributed by atoms with E-state index < -0.39 is 5.60 Å². The maximum Gasteiger partial charge on any atom is 0.191 e. The molecular formula is C23H25NO2S3. The second-order valence-electron chi connectivity index (χ2n) is 7.44. The fraction of sp³-hybridized carbons (Fsp3) is 0.304. The van der Waals surface area contributed by atoms with Crippen LogP contribution in [0.25, 0.3) is 0 Å². The highest BCUT2D eigenvalue weighted by Gasteiger charge is 2.39. The van der Waals surface area contributed by atoms with Gasteiger partial charge in [-0.3, -0.25) is 4.90 Å². The molecule has 0 amide bonds. The zero-order valence-electron chi connectivity index (χ0n) is 16.8. The summed E-state index contributed by atoms with van der Waals surface area (Å²) in [6, 6.07) is 16.5. The topological polar surface area (TPSA) is 36.6 Å². The smallest absolute Gasteiger partial charge is 0.191 e. The molecule has 4 aromatic rings. The van der Waals surface area contributed by atoms with E-state index in [0.717, 1.165) is 22.1 Å². The van der Waals surface area contributed by atoms with Crippen LogP contribution in [0.2, 0.25) is 0 Å². The molecule has 3 nitrogen and oxygen atoms in total. The molecule has 0 bridgehead atoms. The van der Waals surface area contributed by atoms with Gasteiger partial charge in [-0.25, -0.2) is 0 Å². The Labute approximate surface area is 183 Å². The van der Waals surface area contributed by atoms with Gasteiger partial charge in [-0.15, -0.1) is 34.0 Å². The van der Waals surface area contributed by atoms with Crippen molar-refractivity contribution in [1.82, 2.24) is 4.90 Å². The standard InChI is InChI=1S/C23H25NO2S3/c1-16(2)24(15-19-10-8-17(3)29-19)14-18-9-11-20(26-18)23(25,21-6-4-12-27-21)22-7-5-13-28-22/h4-13,16,25H,14-15H2,1-3H3. The maximum atomic E-state index is 11.7. The van der Waals surface area contributed by atoms with Gasteiger partial charge in [0, 0.05) is 32.1 Å². The molecule has 0 aromatic carbocycles. The van der Waals surface area contributed by atoms with E-state index >= 15 is 0 Å². The summed E-state index contributed by atoms with van der Waals surface area (Å²) in [5.74, 6) is 1.45. The Kier molecular flexibility index (Phi) is 6.08. The first-order valence-electron chi connectivity index (χ1n) is 9.65. The minimum atomic E-state index is -1.24. The lowest BCUT2D eigenvalue weighted by atomic mass is 9.97. The van der Waals surface area contributed by atoms with Gasteiger partial charge in [0.2, 0.25) is 0 Å². The van der Waals surface area contributed by atoms with Crippen LogP contribution in [0.5, 0.6) is 0 Å². The zero-order valence-corrected chi connectivity index (χ0v) is 19.2. The molecule has 0 aliphatic carbocycles. The normalized spacial score (nSPS) is 12.3. The number of aryl methyl sites for hydroxylation is 1. The van der Waals surface area contributed by atoms with Crippen LogP contribution in [-0.2, 0) is 18.7 Å². The highest BCUT2D eigenvalue weighted by atomic mass is 32.1. The molecule has 0 aliphatic rings. The average molecular weight is 444 g/mol. The van der Waals surface area contributed by atoms with Crippen LogP contribution in [-0.4, -0.2) is 16.0 Å². The van der Waals surface area contributed by atoms with E-state index in [1.807, 2.05) is 58.5 Å². The van der Waals surface area contributed by atoms with Crippen molar-refractivity contribution in [3.05, 3.63) is 90.3 Å². The SMILES string of the molecule is Cc1ccc(CN(Cc2ccc(C(O)(c3cccs3)c3cccs3)o2)C(C)C)s1. The number of hydrogen-bond acceptors (Lipinski definition) is 6. The molecular weight excluding hydrogens is 418 g/mol. The fourth-order valence-corrected chi connectivity index (χ4v) is 6.05. The lowest BCUT2D eigenvalue weighted by molar-refractivity contribution is 0.101. The van der Waals surface area contributed by atoms with Crippen molar-refractivity contribution in [3.8, 4) is 0 Å². The van der Waals surface area contributed by atoms with Gasteiger partial charge in [0.1, 0.15) is 11.5 Å². The lowest BCUT2D eigenvalue weighted by Crippen LogP contribution is -2.29. The van der Waals surface area contributed by atoms with Gasteiger partial charge in [-0.05, 0) is 67.9 Å². The van der Waals surface area contributed by atoms with Crippen LogP contribution in [0.1, 0.15) is 44.9 Å². The maximum absolute atomic E-state index is 11.7. The van der Waals surface area contributed by atoms with Crippen molar-refractivity contribution >= 4 is 34.0 Å². The second-order valence-corrected chi connectivity index (χ2v) is 10.7. The highest BCUT2D eigenvalue weighted by Crippen LogP contribution is 2.41. The van der Waals surface area contributed by atoms with Crippen LogP contribution in [0.3, 0.4) is 0 Å². The van der Waals surface area contributed by atoms with E-state index in [1.165, 1.54) is 9.75 Å². The predicted octanol–water partition coefficient (Wildman–Crippen LogP) is 6.47. The Bertz CT molecular complexity index is 994. The third kappa shape index (κ3) is 4.27. The lowest BCUT2D eigenvalue weighted by Gasteiger charge is -2.26. The largest absolute Gasteiger partial charge is 0.461 e. The number of aliphatic hydroxyl groups is 1. The van der Waals surface area contributed by atoms with E-state index in [9.17, 15) is 5.11 Å². The van der Waals surface area contributed by atoms with E-state index in [4.69, 9.17) is 4.42 Å². The quantitative estimate of drug-likeness (QED) is 0.339. The van der Waals surface area contributed by atoms with Crippen molar-refractivity contribution in [1.29, 1.82) is 0 Å². The summed E-state index contributed by atoms with van der Waals surface area (Å²) in [7, 11) is 0. The molecule has 6 heteroatoms. The molecule has 0 spiro atoms. The molecule has 0 saturated carbocycles. The van der Waals surface area contributed by atoms with Crippen LogP contribution >= 0.6 is 34.0 Å². The van der Waals surface area contributed by atoms with Crippen molar-refractivity contribution in [2.24, 2.45) is 0 Å². The Morgan fingerprint density at radius 3 is 2.17 bits per heavy atom. The van der Waals surface area contributed by atoms with Crippen molar-refractivity contribution in [2.45, 2.75) is 45.5 Å². The number of hydrogen-bond donors (Lipinski definition) is 1. The number of rotatable bonds is 8. The third-order valence-electron chi connectivity index (χ3n) is 5.02. The van der Waals surface area contributed by atoms with Crippen LogP contribution in [0, 0.1) is 6.92 Å². The summed E-state index contributed by atoms with van der Waals surface area (Å²) in [6.45, 7) is 8.16. The van der Waals surface area contributed by atoms with E-state index in [2.05, 4.69) is 37.8 Å². The first-order chi connectivity index (χ1) is 14.0. The van der Waals surface area contributed by atoms with Gasteiger partial charge in [0.15, 0.2) is 5.60 Å². The van der Waals surface area contributed by atoms with Crippen molar-refractivity contribution in [3.63, 3.8) is 0 Å². The van der Waals surface area contributed by atoms with Crippen molar-refractivity contribution < 1.29 is 9.52 Å². The Hall–Kier alpha value is -1.70. The molecule has 4 heterocycles. The molecule has 0 radical (unpaired) electrons. The average Bonchev–Trinajstić information content (AvgIpc) is 3.47. The molecule has 0 unspecified atom stereocenters. The minimum absolute atomic E-state index is 0.388. The highest BCUT2D eigenvalue weighted by molar-refractivity contribution is 7.12. The molecule has 1 N–H and O–H groups in total. The van der Waals surface area contributed by atoms with Gasteiger partial charge in [-0.2, -0.15) is 0 Å². The number of furan rings is 1. The van der Waals surface area contributed by atoms with Gasteiger partial charge < -0.3 is 9.52 Å². The molecule has 0 atom stereocenters. The zero-order chi connectivity index (χ0) is 20.4. The fourth-order valence-electron chi connectivity index (χ4n) is 3.38. The van der Waals surface area contributed by atoms with Gasteiger partial charge >= 0.3 is 0 Å². The monoisotopic (exact) mass is 443 g/mol. The van der Waals surface area contributed by atoms with E-state index in [0.29, 0.717) is 18.3 Å². The van der Waals surface area contributed by atoms with Crippen LogP contribution < -0.4 is 0 Å². The Balaban J connectivity index is 1.60. The summed E-state index contributed by atoms with van der Waals surface area (Å²) in [6.07, 6.45) is 0. The molecule has 0 aliphatic heterocycles. The van der Waals surface area contributed by atoms with Gasteiger partial charge in [-0.1, -0.05) is 12.1 Å². The molecule has 0 fully saturated rings. The van der Waals surface area contributed by atoms with E-state index in [1.54, 1.807) is 22.7 Å². The van der Waals surface area contributed by atoms with Crippen LogP contribution in [0.15, 0.2) is 63.7 Å². The van der Waals surface area contributed by atoms with Gasteiger partial charge in [0.25, 0.3) is 0 Å². The number of thiophene rings is 3. The predicted molar refractivity (Wildman–Crippen MR) is 123 cm³/mol. The van der Waals surface area contributed by atoms with Crippen molar-refractivity contribution in [2.75, 3.05) is 0 Å². The molecule has 29 heavy (non-hydrogen) atoms. The summed E-state index contributed by atoms with van der Waals surface area (Å²) >= 11 is 4.93. The molecule has 0 saturated heterocycles. The first-order valence-corrected chi connectivity index (χ1v) is 12.2. The van der Waals surface area contributed by atoms with E-state index in [-0.39, 0.29) is 0 Å². The minimum Gasteiger partial charge on any atom is -0.461 e. The first kappa shape index (κ1) is 20.6. The summed E-state index contributed by atoms with van der Waals surface area (Å²) in [5, 5.41) is 15.7. The second kappa shape index (κ2) is 8.58. The summed E-state index contributed by atoms with van der Waals surface area (Å²) in [4.78, 5) is 6.83. The molecule has 4 aromatic heterocycles. The summed E-state index contributed by atoms with van der Waals surface area (Å²) < 4.78 is 6.25. The van der Waals surface area contributed by atoms with Gasteiger partial charge in [0.05, 0.1) is 6.54 Å².